The zero-order valence-electron chi connectivity index (χ0n) is 16.3. The van der Waals surface area contributed by atoms with Gasteiger partial charge in [-0.2, -0.15) is 0 Å². The summed E-state index contributed by atoms with van der Waals surface area (Å²) in [5.74, 6) is 0.368. The summed E-state index contributed by atoms with van der Waals surface area (Å²) in [6.45, 7) is 0. The highest BCUT2D eigenvalue weighted by atomic mass is 32.1. The monoisotopic (exact) mass is 410 g/mol. The molecule has 0 spiro atoms. The Morgan fingerprint density at radius 2 is 1.77 bits per heavy atom. The molecule has 30 heavy (non-hydrogen) atoms. The highest BCUT2D eigenvalue weighted by Gasteiger charge is 2.16. The molecule has 5 aromatic rings. The Kier molecular flexibility index (Phi) is 4.65. The lowest BCUT2D eigenvalue weighted by atomic mass is 10.0. The van der Waals surface area contributed by atoms with Crippen molar-refractivity contribution in [3.05, 3.63) is 90.5 Å². The predicted octanol–water partition coefficient (Wildman–Crippen LogP) is 6.38. The Balaban J connectivity index is 1.47. The third-order valence-electron chi connectivity index (χ3n) is 4.99. The van der Waals surface area contributed by atoms with Crippen LogP contribution in [-0.2, 0) is 0 Å². The van der Waals surface area contributed by atoms with Crippen LogP contribution < -0.4 is 10.1 Å². The molecule has 4 aromatic carbocycles. The molecule has 1 heterocycles. The van der Waals surface area contributed by atoms with Gasteiger partial charge in [0, 0.05) is 16.6 Å². The summed E-state index contributed by atoms with van der Waals surface area (Å²) in [5, 5.41) is 5.87. The fourth-order valence-corrected chi connectivity index (χ4v) is 4.53. The molecule has 0 aliphatic heterocycles. The molecule has 0 saturated carbocycles. The van der Waals surface area contributed by atoms with Crippen molar-refractivity contribution in [1.29, 1.82) is 0 Å². The third-order valence-corrected chi connectivity index (χ3v) is 6.08. The first-order chi connectivity index (χ1) is 14.7. The maximum Gasteiger partial charge on any atom is 0.259 e. The molecular formula is C25H18N2O2S. The van der Waals surface area contributed by atoms with Crippen LogP contribution in [0.3, 0.4) is 0 Å². The minimum absolute atomic E-state index is 0.209. The van der Waals surface area contributed by atoms with Crippen molar-refractivity contribution in [2.24, 2.45) is 0 Å². The van der Waals surface area contributed by atoms with Gasteiger partial charge in [0.15, 0.2) is 0 Å². The first kappa shape index (κ1) is 18.3. The number of ether oxygens (including phenoxy) is 1. The Morgan fingerprint density at radius 1 is 0.933 bits per heavy atom. The van der Waals surface area contributed by atoms with Gasteiger partial charge >= 0.3 is 0 Å². The van der Waals surface area contributed by atoms with Crippen LogP contribution in [0.4, 0.5) is 5.69 Å². The van der Waals surface area contributed by atoms with E-state index in [2.05, 4.69) is 11.4 Å². The fourth-order valence-electron chi connectivity index (χ4n) is 3.57. The van der Waals surface area contributed by atoms with Gasteiger partial charge in [0.2, 0.25) is 0 Å². The average molecular weight is 410 g/mol. The minimum Gasteiger partial charge on any atom is -0.495 e. The minimum atomic E-state index is -0.209. The summed E-state index contributed by atoms with van der Waals surface area (Å²) in [7, 11) is 1.59. The zero-order chi connectivity index (χ0) is 20.5. The number of benzene rings is 4. The van der Waals surface area contributed by atoms with Gasteiger partial charge < -0.3 is 10.1 Å². The number of anilines is 1. The van der Waals surface area contributed by atoms with E-state index < -0.39 is 0 Å². The lowest BCUT2D eigenvalue weighted by Gasteiger charge is -2.12. The third kappa shape index (κ3) is 3.29. The van der Waals surface area contributed by atoms with Crippen LogP contribution in [0.1, 0.15) is 10.4 Å². The van der Waals surface area contributed by atoms with Crippen LogP contribution in [0.5, 0.6) is 5.75 Å². The van der Waals surface area contributed by atoms with E-state index in [1.54, 1.807) is 24.5 Å². The van der Waals surface area contributed by atoms with Crippen LogP contribution in [-0.4, -0.2) is 18.0 Å². The molecule has 0 fully saturated rings. The van der Waals surface area contributed by atoms with Gasteiger partial charge in [-0.25, -0.2) is 4.98 Å². The van der Waals surface area contributed by atoms with Gasteiger partial charge in [0.1, 0.15) is 10.8 Å². The second-order valence-electron chi connectivity index (χ2n) is 6.89. The number of hydrogen-bond acceptors (Lipinski definition) is 4. The number of amides is 1. The zero-order valence-corrected chi connectivity index (χ0v) is 17.1. The average Bonchev–Trinajstić information content (AvgIpc) is 3.23. The van der Waals surface area contributed by atoms with Gasteiger partial charge in [0.25, 0.3) is 5.91 Å². The number of aromatic nitrogens is 1. The lowest BCUT2D eigenvalue weighted by molar-refractivity contribution is 0.102. The molecule has 5 rings (SSSR count). The standard InChI is InChI=1S/C25H18N2O2S/c1-29-23-19-10-3-2-7-16(19)13-14-20(23)24(28)26-18-9-6-8-17(15-18)25-27-21-11-4-5-12-22(21)30-25/h2-15H,1H3,(H,26,28). The van der Waals surface area contributed by atoms with E-state index in [0.717, 1.165) is 31.6 Å². The normalized spacial score (nSPS) is 11.0. The summed E-state index contributed by atoms with van der Waals surface area (Å²) in [5.41, 5.74) is 3.17. The molecule has 1 N–H and O–H groups in total. The number of nitrogens with zero attached hydrogens (tertiary/aromatic N) is 1. The molecule has 5 heteroatoms. The summed E-state index contributed by atoms with van der Waals surface area (Å²) in [6.07, 6.45) is 0. The van der Waals surface area contributed by atoms with E-state index in [1.807, 2.05) is 72.8 Å². The molecule has 0 saturated heterocycles. The molecule has 0 bridgehead atoms. The maximum absolute atomic E-state index is 13.0. The number of thiazole rings is 1. The highest BCUT2D eigenvalue weighted by molar-refractivity contribution is 7.21. The van der Waals surface area contributed by atoms with Crippen LogP contribution >= 0.6 is 11.3 Å². The lowest BCUT2D eigenvalue weighted by Crippen LogP contribution is -2.13. The molecule has 1 aromatic heterocycles. The SMILES string of the molecule is COc1c(C(=O)Nc2cccc(-c3nc4ccccc4s3)c2)ccc2ccccc12. The van der Waals surface area contributed by atoms with Crippen LogP contribution in [0.2, 0.25) is 0 Å². The van der Waals surface area contributed by atoms with Gasteiger partial charge in [-0.3, -0.25) is 4.79 Å². The van der Waals surface area contributed by atoms with E-state index in [4.69, 9.17) is 9.72 Å². The van der Waals surface area contributed by atoms with E-state index in [0.29, 0.717) is 17.0 Å². The van der Waals surface area contributed by atoms with E-state index >= 15 is 0 Å². The van der Waals surface area contributed by atoms with E-state index in [9.17, 15) is 4.79 Å². The number of rotatable bonds is 4. The fraction of sp³-hybridized carbons (Fsp3) is 0.0400. The number of nitrogens with one attached hydrogen (secondary N) is 1. The molecule has 4 nitrogen and oxygen atoms in total. The molecular weight excluding hydrogens is 392 g/mol. The Bertz CT molecular complexity index is 1360. The second-order valence-corrected chi connectivity index (χ2v) is 7.92. The van der Waals surface area contributed by atoms with Gasteiger partial charge in [-0.15, -0.1) is 11.3 Å². The molecule has 0 radical (unpaired) electrons. The van der Waals surface area contributed by atoms with Crippen LogP contribution in [0.15, 0.2) is 84.9 Å². The predicted molar refractivity (Wildman–Crippen MR) is 124 cm³/mol. The number of carbonyl (C=O) groups is 1. The van der Waals surface area contributed by atoms with Gasteiger partial charge in [-0.05, 0) is 35.7 Å². The number of carbonyl (C=O) groups excluding carboxylic acids is 1. The topological polar surface area (TPSA) is 51.2 Å². The summed E-state index contributed by atoms with van der Waals surface area (Å²) < 4.78 is 6.72. The van der Waals surface area contributed by atoms with Crippen molar-refractivity contribution in [3.8, 4) is 16.3 Å². The van der Waals surface area contributed by atoms with Crippen molar-refractivity contribution >= 4 is 43.9 Å². The quantitative estimate of drug-likeness (QED) is 0.374. The summed E-state index contributed by atoms with van der Waals surface area (Å²) in [6, 6.07) is 27.4. The smallest absolute Gasteiger partial charge is 0.259 e. The van der Waals surface area contributed by atoms with Gasteiger partial charge in [0.05, 0.1) is 22.9 Å². The Hall–Kier alpha value is -3.70. The second kappa shape index (κ2) is 7.61. The largest absolute Gasteiger partial charge is 0.495 e. The van der Waals surface area contributed by atoms with Crippen molar-refractivity contribution in [1.82, 2.24) is 4.98 Å². The van der Waals surface area contributed by atoms with Crippen LogP contribution in [0, 0.1) is 0 Å². The van der Waals surface area contributed by atoms with Crippen molar-refractivity contribution in [3.63, 3.8) is 0 Å². The first-order valence-corrected chi connectivity index (χ1v) is 10.4. The number of fused-ring (bicyclic) bond motifs is 2. The Morgan fingerprint density at radius 3 is 2.63 bits per heavy atom. The van der Waals surface area contributed by atoms with E-state index in [1.165, 1.54) is 0 Å². The van der Waals surface area contributed by atoms with E-state index in [-0.39, 0.29) is 5.91 Å². The number of para-hydroxylation sites is 1. The Labute approximate surface area is 177 Å². The molecule has 146 valence electrons. The highest BCUT2D eigenvalue weighted by Crippen LogP contribution is 2.33. The summed E-state index contributed by atoms with van der Waals surface area (Å²) >= 11 is 1.64. The summed E-state index contributed by atoms with van der Waals surface area (Å²) in [4.78, 5) is 17.7. The molecule has 0 atom stereocenters. The molecule has 0 unspecified atom stereocenters. The van der Waals surface area contributed by atoms with Gasteiger partial charge in [-0.1, -0.05) is 54.6 Å². The van der Waals surface area contributed by atoms with Crippen molar-refractivity contribution in [2.45, 2.75) is 0 Å². The van der Waals surface area contributed by atoms with Crippen molar-refractivity contribution < 1.29 is 9.53 Å². The maximum atomic E-state index is 13.0. The molecule has 0 aliphatic carbocycles. The molecule has 0 aliphatic rings. The number of methoxy groups -OCH3 is 1. The molecule has 1 amide bonds. The number of hydrogen-bond donors (Lipinski definition) is 1. The first-order valence-electron chi connectivity index (χ1n) is 9.56. The van der Waals surface area contributed by atoms with Crippen molar-refractivity contribution in [2.75, 3.05) is 12.4 Å². The van der Waals surface area contributed by atoms with Crippen LogP contribution in [0.25, 0.3) is 31.6 Å².